The molecule has 144 valence electrons. The van der Waals surface area contributed by atoms with Gasteiger partial charge in [0, 0.05) is 0 Å². The molecule has 0 aromatic carbocycles. The number of thiazole rings is 1. The Morgan fingerprint density at radius 2 is 2.04 bits per heavy atom. The Morgan fingerprint density at radius 1 is 1.26 bits per heavy atom. The lowest BCUT2D eigenvalue weighted by molar-refractivity contribution is 0.116. The maximum atomic E-state index is 12.6. The summed E-state index contributed by atoms with van der Waals surface area (Å²) in [5, 5.41) is 7.45. The van der Waals surface area contributed by atoms with Crippen LogP contribution in [0.2, 0.25) is 5.15 Å². The third-order valence-electron chi connectivity index (χ3n) is 3.37. The molecule has 0 saturated carbocycles. The normalized spacial score (nSPS) is 11.9. The van der Waals surface area contributed by atoms with Crippen LogP contribution < -0.4 is 4.31 Å². The highest BCUT2D eigenvalue weighted by Gasteiger charge is 2.24. The summed E-state index contributed by atoms with van der Waals surface area (Å²) in [5.41, 5.74) is 0.329. The highest BCUT2D eigenvalue weighted by molar-refractivity contribution is 7.92. The van der Waals surface area contributed by atoms with Gasteiger partial charge in [0.05, 0.1) is 30.4 Å². The lowest BCUT2D eigenvalue weighted by Gasteiger charge is -2.22. The zero-order valence-electron chi connectivity index (χ0n) is 13.7. The van der Waals surface area contributed by atoms with Crippen molar-refractivity contribution in [1.29, 1.82) is 0 Å². The van der Waals surface area contributed by atoms with Crippen molar-refractivity contribution < 1.29 is 21.6 Å². The van der Waals surface area contributed by atoms with Crippen molar-refractivity contribution in [2.45, 2.75) is 19.9 Å². The molecule has 0 amide bonds. The zero-order chi connectivity index (χ0) is 19.6. The van der Waals surface area contributed by atoms with Crippen molar-refractivity contribution in [1.82, 2.24) is 20.2 Å². The van der Waals surface area contributed by atoms with Gasteiger partial charge in [-0.1, -0.05) is 11.6 Å². The van der Waals surface area contributed by atoms with Crippen molar-refractivity contribution in [2.75, 3.05) is 10.1 Å². The average Bonchev–Trinajstić information content (AvgIpc) is 3.30. The predicted octanol–water partition coefficient (Wildman–Crippen LogP) is 3.54. The Balaban J connectivity index is 1.88. The second-order valence-electron chi connectivity index (χ2n) is 5.11. The Labute approximate surface area is 161 Å². The molecule has 3 rings (SSSR count). The summed E-state index contributed by atoms with van der Waals surface area (Å²) in [7, 11) is -3.62. The molecular weight excluding hydrogens is 424 g/mol. The predicted molar refractivity (Wildman–Crippen MR) is 95.3 cm³/mol. The number of hydrogen-bond acceptors (Lipinski definition) is 8. The van der Waals surface area contributed by atoms with Crippen molar-refractivity contribution >= 4 is 38.6 Å². The molecule has 0 bridgehead atoms. The van der Waals surface area contributed by atoms with Gasteiger partial charge in [-0.3, -0.25) is 4.31 Å². The van der Waals surface area contributed by atoms with Gasteiger partial charge in [-0.25, -0.2) is 18.4 Å². The maximum absolute atomic E-state index is 12.6. The topological polar surface area (TPSA) is 102 Å². The van der Waals surface area contributed by atoms with Crippen LogP contribution in [0, 0.1) is 0 Å². The summed E-state index contributed by atoms with van der Waals surface area (Å²) < 4.78 is 56.1. The first-order valence-electron chi connectivity index (χ1n) is 7.48. The van der Waals surface area contributed by atoms with Crippen LogP contribution in [-0.2, 0) is 16.6 Å². The molecule has 3 heterocycles. The minimum Gasteiger partial charge on any atom is -0.414 e. The molecule has 0 saturated heterocycles. The smallest absolute Gasteiger partial charge is 0.314 e. The Morgan fingerprint density at radius 3 is 2.63 bits per heavy atom. The molecular formula is C14H12ClF2N5O3S2. The molecule has 3 aromatic heterocycles. The molecule has 0 aliphatic rings. The van der Waals surface area contributed by atoms with Crippen LogP contribution in [0.25, 0.3) is 10.8 Å². The van der Waals surface area contributed by atoms with Crippen LogP contribution in [0.3, 0.4) is 0 Å². The number of nitrogens with zero attached hydrogens (tertiary/aromatic N) is 5. The first-order chi connectivity index (χ1) is 12.8. The fraction of sp³-hybridized carbons (Fsp3) is 0.286. The molecule has 27 heavy (non-hydrogen) atoms. The van der Waals surface area contributed by atoms with Crippen LogP contribution >= 0.6 is 22.9 Å². The third kappa shape index (κ3) is 4.39. The van der Waals surface area contributed by atoms with Crippen LogP contribution in [-0.4, -0.2) is 34.3 Å². The van der Waals surface area contributed by atoms with E-state index in [1.807, 2.05) is 0 Å². The molecule has 13 heteroatoms. The van der Waals surface area contributed by atoms with E-state index in [-0.39, 0.29) is 23.3 Å². The van der Waals surface area contributed by atoms with E-state index in [9.17, 15) is 17.2 Å². The highest BCUT2D eigenvalue weighted by atomic mass is 35.5. The molecule has 0 unspecified atom stereocenters. The van der Waals surface area contributed by atoms with Crippen LogP contribution in [0.4, 0.5) is 14.5 Å². The first kappa shape index (κ1) is 19.6. The standard InChI is InChI=1S/C14H12ClF2N5O3S2/c1-2-27(23,24)22(8-3-4-10(15)18-5-8)7-11-19-6-9(26-11)13-20-21-14(25-13)12(16)17/h3-6,12H,2,7H2,1H3. The molecule has 3 aromatic rings. The second-order valence-corrected chi connectivity index (χ2v) is 8.80. The van der Waals surface area contributed by atoms with E-state index in [1.54, 1.807) is 0 Å². The van der Waals surface area contributed by atoms with E-state index in [4.69, 9.17) is 16.0 Å². The molecule has 0 fully saturated rings. The zero-order valence-corrected chi connectivity index (χ0v) is 16.1. The molecule has 0 aliphatic heterocycles. The summed E-state index contributed by atoms with van der Waals surface area (Å²) in [6.07, 6.45) is -0.169. The van der Waals surface area contributed by atoms with E-state index in [1.165, 1.54) is 31.5 Å². The quantitative estimate of drug-likeness (QED) is 0.523. The summed E-state index contributed by atoms with van der Waals surface area (Å²) in [5.74, 6) is -1.02. The molecule has 0 atom stereocenters. The third-order valence-corrected chi connectivity index (χ3v) is 6.31. The number of anilines is 1. The number of rotatable bonds is 7. The van der Waals surface area contributed by atoms with Crippen LogP contribution in [0.15, 0.2) is 28.9 Å². The lowest BCUT2D eigenvalue weighted by atomic mass is 10.4. The number of pyridine rings is 1. The van der Waals surface area contributed by atoms with Crippen molar-refractivity contribution in [3.05, 3.63) is 40.6 Å². The first-order valence-corrected chi connectivity index (χ1v) is 10.3. The van der Waals surface area contributed by atoms with E-state index < -0.39 is 22.3 Å². The van der Waals surface area contributed by atoms with Gasteiger partial charge >= 0.3 is 6.43 Å². The maximum Gasteiger partial charge on any atom is 0.314 e. The summed E-state index contributed by atoms with van der Waals surface area (Å²) in [6.45, 7) is 1.45. The van der Waals surface area contributed by atoms with Gasteiger partial charge in [0.25, 0.3) is 11.8 Å². The SMILES string of the molecule is CCS(=O)(=O)N(Cc1ncc(-c2nnc(C(F)F)o2)s1)c1ccc(Cl)nc1. The minimum atomic E-state index is -3.62. The Bertz CT molecular complexity index is 1020. The Kier molecular flexibility index (Phi) is 5.67. The number of alkyl halides is 2. The van der Waals surface area contributed by atoms with Gasteiger partial charge in [-0.2, -0.15) is 8.78 Å². The highest BCUT2D eigenvalue weighted by Crippen LogP contribution is 2.30. The van der Waals surface area contributed by atoms with Crippen molar-refractivity contribution in [2.24, 2.45) is 0 Å². The van der Waals surface area contributed by atoms with E-state index in [0.29, 0.717) is 15.6 Å². The molecule has 0 aliphatic carbocycles. The molecule has 8 nitrogen and oxygen atoms in total. The van der Waals surface area contributed by atoms with Gasteiger partial charge in [0.1, 0.15) is 15.0 Å². The van der Waals surface area contributed by atoms with Crippen LogP contribution in [0.1, 0.15) is 24.2 Å². The molecule has 0 spiro atoms. The van der Waals surface area contributed by atoms with Gasteiger partial charge < -0.3 is 4.42 Å². The number of sulfonamides is 1. The monoisotopic (exact) mass is 435 g/mol. The fourth-order valence-electron chi connectivity index (χ4n) is 2.05. The molecule has 0 radical (unpaired) electrons. The summed E-state index contributed by atoms with van der Waals surface area (Å²) >= 11 is 6.81. The fourth-order valence-corrected chi connectivity index (χ4v) is 4.13. The van der Waals surface area contributed by atoms with Crippen molar-refractivity contribution in [3.63, 3.8) is 0 Å². The lowest BCUT2D eigenvalue weighted by Crippen LogP contribution is -2.31. The number of hydrogen-bond donors (Lipinski definition) is 0. The van der Waals surface area contributed by atoms with E-state index in [0.717, 1.165) is 15.6 Å². The number of halogens is 3. The largest absolute Gasteiger partial charge is 0.414 e. The van der Waals surface area contributed by atoms with Gasteiger partial charge in [0.15, 0.2) is 0 Å². The van der Waals surface area contributed by atoms with E-state index in [2.05, 4.69) is 20.2 Å². The average molecular weight is 436 g/mol. The summed E-state index contributed by atoms with van der Waals surface area (Å²) in [6, 6.07) is 3.01. The number of aromatic nitrogens is 4. The van der Waals surface area contributed by atoms with Gasteiger partial charge in [-0.05, 0) is 19.1 Å². The minimum absolute atomic E-state index is 0.0695. The molecule has 0 N–H and O–H groups in total. The van der Waals surface area contributed by atoms with Crippen molar-refractivity contribution in [3.8, 4) is 10.8 Å². The van der Waals surface area contributed by atoms with Gasteiger partial charge in [-0.15, -0.1) is 21.5 Å². The Hall–Kier alpha value is -2.18. The van der Waals surface area contributed by atoms with Gasteiger partial charge in [0.2, 0.25) is 10.0 Å². The van der Waals surface area contributed by atoms with E-state index >= 15 is 0 Å². The van der Waals surface area contributed by atoms with Crippen LogP contribution in [0.5, 0.6) is 0 Å². The second kappa shape index (κ2) is 7.82. The summed E-state index contributed by atoms with van der Waals surface area (Å²) in [4.78, 5) is 8.38.